The molecule has 1 saturated heterocycles. The summed E-state index contributed by atoms with van der Waals surface area (Å²) in [6.07, 6.45) is 4.28. The minimum atomic E-state index is -0.102. The Morgan fingerprint density at radius 2 is 1.71 bits per heavy atom. The van der Waals surface area contributed by atoms with Crippen molar-refractivity contribution in [2.45, 2.75) is 46.6 Å². The van der Waals surface area contributed by atoms with E-state index in [2.05, 4.69) is 10.6 Å². The van der Waals surface area contributed by atoms with Gasteiger partial charge in [0.2, 0.25) is 0 Å². The molecule has 3 nitrogen and oxygen atoms in total. The van der Waals surface area contributed by atoms with Crippen LogP contribution < -0.4 is 10.6 Å². The standard InChI is InChI=1S/C14H18Cl2N2O.2CH4/c15-11-7-10(8-12(16)9-11)14(19)18-13-3-1-2-5-17-6-4-13;;/h7-9,13,17H,1-6H2,(H,18,19);2*1H4. The van der Waals surface area contributed by atoms with Crippen molar-refractivity contribution in [2.75, 3.05) is 13.1 Å². The van der Waals surface area contributed by atoms with Crippen LogP contribution in [0.3, 0.4) is 0 Å². The number of nitrogens with one attached hydrogen (secondary N) is 2. The van der Waals surface area contributed by atoms with Gasteiger partial charge in [-0.25, -0.2) is 0 Å². The minimum absolute atomic E-state index is 0. The van der Waals surface area contributed by atoms with Gasteiger partial charge in [-0.3, -0.25) is 4.79 Å². The van der Waals surface area contributed by atoms with Gasteiger partial charge in [-0.05, 0) is 50.6 Å². The third kappa shape index (κ3) is 6.68. The summed E-state index contributed by atoms with van der Waals surface area (Å²) in [4.78, 5) is 12.2. The highest BCUT2D eigenvalue weighted by Crippen LogP contribution is 2.19. The van der Waals surface area contributed by atoms with E-state index in [4.69, 9.17) is 23.2 Å². The number of hydrogen-bond donors (Lipinski definition) is 2. The summed E-state index contributed by atoms with van der Waals surface area (Å²) in [5, 5.41) is 7.38. The first-order valence-electron chi connectivity index (χ1n) is 6.63. The van der Waals surface area contributed by atoms with E-state index in [1.165, 1.54) is 0 Å². The Hall–Kier alpha value is -0.770. The van der Waals surface area contributed by atoms with E-state index in [9.17, 15) is 4.79 Å². The molecule has 1 aromatic rings. The molecule has 120 valence electrons. The van der Waals surface area contributed by atoms with E-state index in [1.807, 2.05) is 0 Å². The van der Waals surface area contributed by atoms with Crippen molar-refractivity contribution < 1.29 is 4.79 Å². The van der Waals surface area contributed by atoms with Gasteiger partial charge in [-0.15, -0.1) is 0 Å². The van der Waals surface area contributed by atoms with Gasteiger partial charge in [0, 0.05) is 21.7 Å². The lowest BCUT2D eigenvalue weighted by atomic mass is 10.0. The zero-order chi connectivity index (χ0) is 13.7. The molecule has 0 aliphatic carbocycles. The topological polar surface area (TPSA) is 41.1 Å². The number of rotatable bonds is 2. The van der Waals surface area contributed by atoms with Gasteiger partial charge >= 0.3 is 0 Å². The Bertz CT molecular complexity index is 424. The Balaban J connectivity index is 0.00000200. The van der Waals surface area contributed by atoms with Crippen LogP contribution in [0.25, 0.3) is 0 Å². The summed E-state index contributed by atoms with van der Waals surface area (Å²) in [6.45, 7) is 2.02. The van der Waals surface area contributed by atoms with Crippen LogP contribution in [0.5, 0.6) is 0 Å². The van der Waals surface area contributed by atoms with Crippen molar-refractivity contribution in [3.05, 3.63) is 33.8 Å². The molecule has 0 spiro atoms. The van der Waals surface area contributed by atoms with E-state index in [0.717, 1.165) is 38.8 Å². The van der Waals surface area contributed by atoms with Crippen LogP contribution >= 0.6 is 23.2 Å². The van der Waals surface area contributed by atoms with Crippen LogP contribution in [0.15, 0.2) is 18.2 Å². The second-order valence-corrected chi connectivity index (χ2v) is 5.74. The summed E-state index contributed by atoms with van der Waals surface area (Å²) >= 11 is 11.8. The number of carbonyl (C=O) groups excluding carboxylic acids is 1. The Labute approximate surface area is 138 Å². The molecule has 5 heteroatoms. The molecule has 1 amide bonds. The van der Waals surface area contributed by atoms with Crippen LogP contribution in [-0.2, 0) is 0 Å². The Morgan fingerprint density at radius 1 is 1.05 bits per heavy atom. The highest BCUT2D eigenvalue weighted by Gasteiger charge is 2.15. The molecule has 1 heterocycles. The van der Waals surface area contributed by atoms with Crippen molar-refractivity contribution in [1.82, 2.24) is 10.6 Å². The third-order valence-corrected chi connectivity index (χ3v) is 3.72. The quantitative estimate of drug-likeness (QED) is 0.835. The maximum Gasteiger partial charge on any atom is 0.251 e. The van der Waals surface area contributed by atoms with Gasteiger partial charge in [0.05, 0.1) is 0 Å². The normalized spacial score (nSPS) is 18.5. The smallest absolute Gasteiger partial charge is 0.251 e. The van der Waals surface area contributed by atoms with Crippen LogP contribution in [0.2, 0.25) is 10.0 Å². The molecule has 2 rings (SSSR count). The monoisotopic (exact) mass is 332 g/mol. The number of halogens is 2. The molecule has 1 aliphatic heterocycles. The fraction of sp³-hybridized carbons (Fsp3) is 0.562. The summed E-state index contributed by atoms with van der Waals surface area (Å²) in [6, 6.07) is 5.13. The van der Waals surface area contributed by atoms with Crippen molar-refractivity contribution in [1.29, 1.82) is 0 Å². The lowest BCUT2D eigenvalue weighted by Gasteiger charge is -2.21. The molecule has 0 radical (unpaired) electrons. The van der Waals surface area contributed by atoms with Crippen molar-refractivity contribution >= 4 is 29.1 Å². The molecule has 1 unspecified atom stereocenters. The lowest BCUT2D eigenvalue weighted by molar-refractivity contribution is 0.0931. The highest BCUT2D eigenvalue weighted by atomic mass is 35.5. The molecule has 1 aliphatic rings. The number of hydrogen-bond acceptors (Lipinski definition) is 2. The summed E-state index contributed by atoms with van der Waals surface area (Å²) < 4.78 is 0. The van der Waals surface area contributed by atoms with Gasteiger partial charge in [0.25, 0.3) is 5.91 Å². The number of amides is 1. The first kappa shape index (κ1) is 20.2. The van der Waals surface area contributed by atoms with Gasteiger partial charge in [0.15, 0.2) is 0 Å². The van der Waals surface area contributed by atoms with Gasteiger partial charge in [-0.1, -0.05) is 44.5 Å². The van der Waals surface area contributed by atoms with E-state index >= 15 is 0 Å². The van der Waals surface area contributed by atoms with Crippen molar-refractivity contribution in [3.8, 4) is 0 Å². The van der Waals surface area contributed by atoms with Crippen LogP contribution in [0.4, 0.5) is 0 Å². The zero-order valence-electron chi connectivity index (χ0n) is 10.7. The molecular formula is C16H26Cl2N2O. The predicted octanol–water partition coefficient (Wildman–Crippen LogP) is 4.53. The lowest BCUT2D eigenvalue weighted by Crippen LogP contribution is -2.38. The first-order chi connectivity index (χ1) is 9.15. The first-order valence-corrected chi connectivity index (χ1v) is 7.38. The van der Waals surface area contributed by atoms with E-state index in [1.54, 1.807) is 18.2 Å². The largest absolute Gasteiger partial charge is 0.349 e. The van der Waals surface area contributed by atoms with Crippen LogP contribution in [0, 0.1) is 0 Å². The van der Waals surface area contributed by atoms with Crippen molar-refractivity contribution in [3.63, 3.8) is 0 Å². The van der Waals surface area contributed by atoms with Gasteiger partial charge in [-0.2, -0.15) is 0 Å². The summed E-state index contributed by atoms with van der Waals surface area (Å²) in [5.74, 6) is -0.102. The predicted molar refractivity (Wildman–Crippen MR) is 92.5 cm³/mol. The second kappa shape index (κ2) is 10.0. The molecular weight excluding hydrogens is 307 g/mol. The molecule has 2 N–H and O–H groups in total. The average molecular weight is 333 g/mol. The Kier molecular flexibility index (Phi) is 9.67. The molecule has 0 aromatic heterocycles. The third-order valence-electron chi connectivity index (χ3n) is 3.29. The Morgan fingerprint density at radius 3 is 2.38 bits per heavy atom. The van der Waals surface area contributed by atoms with Crippen LogP contribution in [-0.4, -0.2) is 25.0 Å². The zero-order valence-corrected chi connectivity index (χ0v) is 12.2. The molecule has 1 fully saturated rings. The van der Waals surface area contributed by atoms with Crippen molar-refractivity contribution in [2.24, 2.45) is 0 Å². The van der Waals surface area contributed by atoms with Crippen LogP contribution in [0.1, 0.15) is 50.9 Å². The maximum absolute atomic E-state index is 12.2. The summed E-state index contributed by atoms with van der Waals surface area (Å²) in [5.41, 5.74) is 0.521. The molecule has 0 bridgehead atoms. The fourth-order valence-corrected chi connectivity index (χ4v) is 2.81. The van der Waals surface area contributed by atoms with E-state index in [-0.39, 0.29) is 26.8 Å². The minimum Gasteiger partial charge on any atom is -0.349 e. The summed E-state index contributed by atoms with van der Waals surface area (Å²) in [7, 11) is 0. The molecule has 1 aromatic carbocycles. The van der Waals surface area contributed by atoms with E-state index in [0.29, 0.717) is 15.6 Å². The maximum atomic E-state index is 12.2. The number of benzene rings is 1. The van der Waals surface area contributed by atoms with Gasteiger partial charge < -0.3 is 10.6 Å². The molecule has 0 saturated carbocycles. The molecule has 1 atom stereocenters. The van der Waals surface area contributed by atoms with E-state index < -0.39 is 0 Å². The second-order valence-electron chi connectivity index (χ2n) is 4.86. The fourth-order valence-electron chi connectivity index (χ4n) is 2.28. The molecule has 21 heavy (non-hydrogen) atoms. The number of carbonyl (C=O) groups is 1. The van der Waals surface area contributed by atoms with Gasteiger partial charge in [0.1, 0.15) is 0 Å². The SMILES string of the molecule is C.C.O=C(NC1CCCCNCC1)c1cc(Cl)cc(Cl)c1. The average Bonchev–Trinajstić information content (AvgIpc) is 2.31. The highest BCUT2D eigenvalue weighted by molar-refractivity contribution is 6.35.